The highest BCUT2D eigenvalue weighted by molar-refractivity contribution is 9.10. The normalized spacial score (nSPS) is 10.5. The summed E-state index contributed by atoms with van der Waals surface area (Å²) in [5, 5.41) is 0. The zero-order valence-corrected chi connectivity index (χ0v) is 8.17. The Labute approximate surface area is 78.8 Å². The predicted molar refractivity (Wildman–Crippen MR) is 52.0 cm³/mol. The van der Waals surface area contributed by atoms with E-state index in [0.29, 0.717) is 0 Å². The summed E-state index contributed by atoms with van der Waals surface area (Å²) >= 11 is 3.48. The summed E-state index contributed by atoms with van der Waals surface area (Å²) < 4.78 is 1.04. The van der Waals surface area contributed by atoms with Gasteiger partial charge in [-0.05, 0) is 34.5 Å². The zero-order valence-electron chi connectivity index (χ0n) is 6.58. The van der Waals surface area contributed by atoms with Crippen LogP contribution in [0.1, 0.15) is 5.56 Å². The Morgan fingerprint density at radius 2 is 1.92 bits per heavy atom. The molecule has 60 valence electrons. The fourth-order valence-electron chi connectivity index (χ4n) is 1.10. The minimum absolute atomic E-state index is 0.926. The maximum absolute atomic E-state index is 4.23. The second kappa shape index (κ2) is 2.83. The molecule has 0 unspecified atom stereocenters. The summed E-state index contributed by atoms with van der Waals surface area (Å²) in [4.78, 5) is 8.42. The molecule has 1 aromatic heterocycles. The summed E-state index contributed by atoms with van der Waals surface area (Å²) in [6, 6.07) is 4.00. The molecule has 0 radical (unpaired) electrons. The number of fused-ring (bicyclic) bond motifs is 1. The largest absolute Gasteiger partial charge is 0.253 e. The third-order valence-electron chi connectivity index (χ3n) is 1.77. The fraction of sp³-hybridized carbons (Fsp3) is 0.111. The SMILES string of the molecule is Cc1ccc2nccnc2c1Br. The van der Waals surface area contributed by atoms with E-state index in [9.17, 15) is 0 Å². The van der Waals surface area contributed by atoms with Gasteiger partial charge in [-0.1, -0.05) is 6.07 Å². The topological polar surface area (TPSA) is 25.8 Å². The van der Waals surface area contributed by atoms with Crippen LogP contribution in [-0.2, 0) is 0 Å². The zero-order chi connectivity index (χ0) is 8.55. The van der Waals surface area contributed by atoms with Crippen molar-refractivity contribution in [3.8, 4) is 0 Å². The monoisotopic (exact) mass is 222 g/mol. The first-order valence-electron chi connectivity index (χ1n) is 3.65. The number of benzene rings is 1. The lowest BCUT2D eigenvalue weighted by Crippen LogP contribution is -1.85. The van der Waals surface area contributed by atoms with Gasteiger partial charge >= 0.3 is 0 Å². The van der Waals surface area contributed by atoms with Gasteiger partial charge in [0.15, 0.2) is 0 Å². The van der Waals surface area contributed by atoms with Crippen molar-refractivity contribution >= 4 is 27.0 Å². The van der Waals surface area contributed by atoms with Crippen molar-refractivity contribution in [3.63, 3.8) is 0 Å². The van der Waals surface area contributed by atoms with Gasteiger partial charge in [0.2, 0.25) is 0 Å². The third kappa shape index (κ3) is 1.10. The predicted octanol–water partition coefficient (Wildman–Crippen LogP) is 2.70. The van der Waals surface area contributed by atoms with E-state index in [-0.39, 0.29) is 0 Å². The lowest BCUT2D eigenvalue weighted by atomic mass is 10.2. The van der Waals surface area contributed by atoms with Gasteiger partial charge in [-0.15, -0.1) is 0 Å². The number of hydrogen-bond donors (Lipinski definition) is 0. The first-order chi connectivity index (χ1) is 5.79. The molecular weight excluding hydrogens is 216 g/mol. The molecule has 1 heterocycles. The average molecular weight is 223 g/mol. The molecule has 0 aliphatic carbocycles. The van der Waals surface area contributed by atoms with E-state index in [1.807, 2.05) is 19.1 Å². The first-order valence-corrected chi connectivity index (χ1v) is 4.44. The molecule has 3 heteroatoms. The number of halogens is 1. The summed E-state index contributed by atoms with van der Waals surface area (Å²) in [7, 11) is 0. The van der Waals surface area contributed by atoms with Crippen molar-refractivity contribution in [3.05, 3.63) is 34.6 Å². The number of rotatable bonds is 0. The van der Waals surface area contributed by atoms with Gasteiger partial charge in [0, 0.05) is 16.9 Å². The van der Waals surface area contributed by atoms with Crippen LogP contribution in [0.3, 0.4) is 0 Å². The smallest absolute Gasteiger partial charge is 0.103 e. The highest BCUT2D eigenvalue weighted by Crippen LogP contribution is 2.23. The van der Waals surface area contributed by atoms with E-state index < -0.39 is 0 Å². The number of hydrogen-bond acceptors (Lipinski definition) is 2. The van der Waals surface area contributed by atoms with Gasteiger partial charge in [-0.25, -0.2) is 0 Å². The number of nitrogens with zero attached hydrogens (tertiary/aromatic N) is 2. The van der Waals surface area contributed by atoms with Crippen molar-refractivity contribution in [1.82, 2.24) is 9.97 Å². The molecule has 12 heavy (non-hydrogen) atoms. The molecule has 0 spiro atoms. The summed E-state index contributed by atoms with van der Waals surface area (Å²) in [5.74, 6) is 0. The van der Waals surface area contributed by atoms with E-state index in [1.54, 1.807) is 12.4 Å². The van der Waals surface area contributed by atoms with Gasteiger partial charge in [0.25, 0.3) is 0 Å². The van der Waals surface area contributed by atoms with Crippen LogP contribution >= 0.6 is 15.9 Å². The van der Waals surface area contributed by atoms with Crippen molar-refractivity contribution in [2.24, 2.45) is 0 Å². The highest BCUT2D eigenvalue weighted by atomic mass is 79.9. The maximum Gasteiger partial charge on any atom is 0.103 e. The van der Waals surface area contributed by atoms with Crippen LogP contribution in [0.4, 0.5) is 0 Å². The molecular formula is C9H7BrN2. The molecule has 2 aromatic rings. The van der Waals surface area contributed by atoms with Gasteiger partial charge in [-0.3, -0.25) is 9.97 Å². The van der Waals surface area contributed by atoms with Crippen molar-refractivity contribution < 1.29 is 0 Å². The lowest BCUT2D eigenvalue weighted by Gasteiger charge is -2.00. The van der Waals surface area contributed by atoms with E-state index >= 15 is 0 Å². The molecule has 0 amide bonds. The van der Waals surface area contributed by atoms with Crippen LogP contribution in [-0.4, -0.2) is 9.97 Å². The van der Waals surface area contributed by atoms with Gasteiger partial charge in [0.05, 0.1) is 5.52 Å². The molecule has 0 N–H and O–H groups in total. The molecule has 2 rings (SSSR count). The first kappa shape index (κ1) is 7.68. The Bertz CT molecular complexity index is 426. The molecule has 2 nitrogen and oxygen atoms in total. The molecule has 0 fully saturated rings. The number of aromatic nitrogens is 2. The standard InChI is InChI=1S/C9H7BrN2/c1-6-2-3-7-9(8(6)10)12-5-4-11-7/h2-5H,1H3. The molecule has 1 aromatic carbocycles. The molecule has 0 saturated heterocycles. The van der Waals surface area contributed by atoms with E-state index in [1.165, 1.54) is 5.56 Å². The number of aryl methyl sites for hydroxylation is 1. The lowest BCUT2D eigenvalue weighted by molar-refractivity contribution is 1.27. The highest BCUT2D eigenvalue weighted by Gasteiger charge is 2.01. The maximum atomic E-state index is 4.23. The van der Waals surface area contributed by atoms with Crippen LogP contribution in [0.25, 0.3) is 11.0 Å². The van der Waals surface area contributed by atoms with E-state index in [2.05, 4.69) is 25.9 Å². The Morgan fingerprint density at radius 3 is 2.75 bits per heavy atom. The van der Waals surface area contributed by atoms with Gasteiger partial charge in [0.1, 0.15) is 5.52 Å². The fourth-order valence-corrected chi connectivity index (χ4v) is 1.54. The van der Waals surface area contributed by atoms with Crippen LogP contribution in [0.15, 0.2) is 29.0 Å². The average Bonchev–Trinajstić information content (AvgIpc) is 2.12. The van der Waals surface area contributed by atoms with Gasteiger partial charge < -0.3 is 0 Å². The minimum Gasteiger partial charge on any atom is -0.253 e. The van der Waals surface area contributed by atoms with E-state index in [4.69, 9.17) is 0 Å². The minimum atomic E-state index is 0.926. The second-order valence-electron chi connectivity index (χ2n) is 2.62. The third-order valence-corrected chi connectivity index (χ3v) is 2.77. The van der Waals surface area contributed by atoms with Crippen molar-refractivity contribution in [2.45, 2.75) is 6.92 Å². The summed E-state index contributed by atoms with van der Waals surface area (Å²) in [5.41, 5.74) is 3.04. The molecule has 0 atom stereocenters. The van der Waals surface area contributed by atoms with Crippen LogP contribution in [0.2, 0.25) is 0 Å². The van der Waals surface area contributed by atoms with Crippen molar-refractivity contribution in [2.75, 3.05) is 0 Å². The Balaban J connectivity index is 2.91. The molecule has 0 aliphatic rings. The van der Waals surface area contributed by atoms with Crippen LogP contribution in [0, 0.1) is 6.92 Å². The Hall–Kier alpha value is -0.960. The second-order valence-corrected chi connectivity index (χ2v) is 3.41. The molecule has 0 aliphatic heterocycles. The molecule has 0 saturated carbocycles. The molecule has 0 bridgehead atoms. The summed E-state index contributed by atoms with van der Waals surface area (Å²) in [6.07, 6.45) is 3.40. The summed E-state index contributed by atoms with van der Waals surface area (Å²) in [6.45, 7) is 2.04. The quantitative estimate of drug-likeness (QED) is 0.686. The van der Waals surface area contributed by atoms with Crippen LogP contribution in [0.5, 0.6) is 0 Å². The van der Waals surface area contributed by atoms with Gasteiger partial charge in [-0.2, -0.15) is 0 Å². The Morgan fingerprint density at radius 1 is 1.17 bits per heavy atom. The van der Waals surface area contributed by atoms with E-state index in [0.717, 1.165) is 15.5 Å². The Kier molecular flexibility index (Phi) is 1.81. The van der Waals surface area contributed by atoms with Crippen molar-refractivity contribution in [1.29, 1.82) is 0 Å². The van der Waals surface area contributed by atoms with Crippen LogP contribution < -0.4 is 0 Å².